The van der Waals surface area contributed by atoms with E-state index in [9.17, 15) is 10.1 Å². The van der Waals surface area contributed by atoms with Crippen molar-refractivity contribution in [1.82, 2.24) is 0 Å². The Morgan fingerprint density at radius 2 is 2.14 bits per heavy atom. The minimum Gasteiger partial charge on any atom is -0.316 e. The molecule has 1 aliphatic rings. The SMILES string of the molecule is CCC(CC)C(=O)Nc1sc2c(c1C#N)CC[C@H](CC)C2. The number of carbonyl (C=O) groups excluding carboxylic acids is 1. The highest BCUT2D eigenvalue weighted by molar-refractivity contribution is 7.16. The molecule has 21 heavy (non-hydrogen) atoms. The molecule has 1 N–H and O–H groups in total. The summed E-state index contributed by atoms with van der Waals surface area (Å²) in [5.74, 6) is 0.825. The Kier molecular flexibility index (Phi) is 5.41. The van der Waals surface area contributed by atoms with Crippen LogP contribution >= 0.6 is 11.3 Å². The van der Waals surface area contributed by atoms with Gasteiger partial charge < -0.3 is 5.32 Å². The van der Waals surface area contributed by atoms with Crippen LogP contribution in [-0.2, 0) is 17.6 Å². The van der Waals surface area contributed by atoms with Crippen LogP contribution in [0.2, 0.25) is 0 Å². The number of anilines is 1. The van der Waals surface area contributed by atoms with Crippen molar-refractivity contribution in [2.24, 2.45) is 11.8 Å². The first kappa shape index (κ1) is 16.0. The maximum Gasteiger partial charge on any atom is 0.228 e. The van der Waals surface area contributed by atoms with Crippen LogP contribution in [0.15, 0.2) is 0 Å². The summed E-state index contributed by atoms with van der Waals surface area (Å²) < 4.78 is 0. The van der Waals surface area contributed by atoms with Crippen molar-refractivity contribution >= 4 is 22.2 Å². The third-order valence-corrected chi connectivity index (χ3v) is 5.82. The Hall–Kier alpha value is -1.34. The minimum atomic E-state index is 0.0408. The molecule has 1 aromatic heterocycles. The van der Waals surface area contributed by atoms with Gasteiger partial charge in [0.2, 0.25) is 5.91 Å². The molecule has 0 bridgehead atoms. The van der Waals surface area contributed by atoms with E-state index in [1.165, 1.54) is 16.9 Å². The third-order valence-electron chi connectivity index (χ3n) is 4.65. The molecule has 0 spiro atoms. The molecule has 0 saturated heterocycles. The molecule has 1 amide bonds. The first-order valence-electron chi connectivity index (χ1n) is 7.99. The number of rotatable bonds is 5. The highest BCUT2D eigenvalue weighted by Gasteiger charge is 2.26. The largest absolute Gasteiger partial charge is 0.316 e. The molecule has 0 radical (unpaired) electrons. The number of hydrogen-bond donors (Lipinski definition) is 1. The Labute approximate surface area is 131 Å². The topological polar surface area (TPSA) is 52.9 Å². The smallest absolute Gasteiger partial charge is 0.228 e. The fourth-order valence-corrected chi connectivity index (χ4v) is 4.40. The Morgan fingerprint density at radius 1 is 1.43 bits per heavy atom. The average molecular weight is 304 g/mol. The molecule has 0 unspecified atom stereocenters. The van der Waals surface area contributed by atoms with E-state index in [4.69, 9.17) is 0 Å². The molecular weight excluding hydrogens is 280 g/mol. The van der Waals surface area contributed by atoms with Gasteiger partial charge in [-0.15, -0.1) is 11.3 Å². The van der Waals surface area contributed by atoms with E-state index in [-0.39, 0.29) is 11.8 Å². The standard InChI is InChI=1S/C17H24N2OS/c1-4-11-7-8-13-14(10-18)17(21-15(13)9-11)19-16(20)12(5-2)6-3/h11-12H,4-9H2,1-3H3,(H,19,20)/t11-/m0/s1. The summed E-state index contributed by atoms with van der Waals surface area (Å²) in [5, 5.41) is 13.2. The molecule has 1 atom stereocenters. The quantitative estimate of drug-likeness (QED) is 0.870. The number of thiophene rings is 1. The van der Waals surface area contributed by atoms with Gasteiger partial charge in [-0.2, -0.15) is 5.26 Å². The summed E-state index contributed by atoms with van der Waals surface area (Å²) in [6.07, 6.45) is 6.07. The summed E-state index contributed by atoms with van der Waals surface area (Å²) in [5.41, 5.74) is 1.90. The predicted molar refractivity (Wildman–Crippen MR) is 87.5 cm³/mol. The van der Waals surface area contributed by atoms with E-state index in [0.29, 0.717) is 5.56 Å². The molecule has 0 aliphatic heterocycles. The van der Waals surface area contributed by atoms with E-state index >= 15 is 0 Å². The second kappa shape index (κ2) is 7.09. The van der Waals surface area contributed by atoms with Gasteiger partial charge in [0.15, 0.2) is 0 Å². The molecule has 4 heteroatoms. The van der Waals surface area contributed by atoms with Crippen LogP contribution in [0, 0.1) is 23.2 Å². The van der Waals surface area contributed by atoms with E-state index in [1.807, 2.05) is 13.8 Å². The lowest BCUT2D eigenvalue weighted by Crippen LogP contribution is -2.21. The monoisotopic (exact) mass is 304 g/mol. The predicted octanol–water partition coefficient (Wildman–Crippen LogP) is 4.51. The van der Waals surface area contributed by atoms with E-state index in [1.54, 1.807) is 11.3 Å². The van der Waals surface area contributed by atoms with Crippen molar-refractivity contribution in [2.45, 2.75) is 59.3 Å². The Bertz CT molecular complexity index is 552. The normalized spacial score (nSPS) is 17.4. The zero-order chi connectivity index (χ0) is 15.4. The van der Waals surface area contributed by atoms with Crippen LogP contribution in [0.3, 0.4) is 0 Å². The summed E-state index contributed by atoms with van der Waals surface area (Å²) in [6, 6.07) is 2.31. The maximum absolute atomic E-state index is 12.3. The summed E-state index contributed by atoms with van der Waals surface area (Å²) in [7, 11) is 0. The second-order valence-corrected chi connectivity index (χ2v) is 6.94. The molecule has 1 aromatic rings. The van der Waals surface area contributed by atoms with Crippen LogP contribution in [0.5, 0.6) is 0 Å². The van der Waals surface area contributed by atoms with Gasteiger partial charge in [0.05, 0.1) is 5.56 Å². The van der Waals surface area contributed by atoms with Gasteiger partial charge >= 0.3 is 0 Å². The first-order chi connectivity index (χ1) is 10.1. The minimum absolute atomic E-state index is 0.0408. The molecule has 0 aromatic carbocycles. The van der Waals surface area contributed by atoms with Crippen molar-refractivity contribution in [2.75, 3.05) is 5.32 Å². The van der Waals surface area contributed by atoms with E-state index in [2.05, 4.69) is 18.3 Å². The fraction of sp³-hybridized carbons (Fsp3) is 0.647. The number of fused-ring (bicyclic) bond motifs is 1. The van der Waals surface area contributed by atoms with Crippen LogP contribution in [-0.4, -0.2) is 5.91 Å². The third kappa shape index (κ3) is 3.29. The molecule has 3 nitrogen and oxygen atoms in total. The number of amides is 1. The van der Waals surface area contributed by atoms with E-state index < -0.39 is 0 Å². The lowest BCUT2D eigenvalue weighted by Gasteiger charge is -2.20. The van der Waals surface area contributed by atoms with Crippen molar-refractivity contribution in [3.8, 4) is 6.07 Å². The fourth-order valence-electron chi connectivity index (χ4n) is 3.08. The van der Waals surface area contributed by atoms with Gasteiger partial charge in [-0.05, 0) is 43.6 Å². The highest BCUT2D eigenvalue weighted by Crippen LogP contribution is 2.40. The van der Waals surface area contributed by atoms with Crippen LogP contribution in [0.4, 0.5) is 5.00 Å². The number of hydrogen-bond acceptors (Lipinski definition) is 3. The zero-order valence-electron chi connectivity index (χ0n) is 13.2. The Balaban J connectivity index is 2.23. The number of nitriles is 1. The molecule has 1 heterocycles. The zero-order valence-corrected chi connectivity index (χ0v) is 14.0. The number of nitrogens with zero attached hydrogens (tertiary/aromatic N) is 1. The van der Waals surface area contributed by atoms with Crippen LogP contribution in [0.1, 0.15) is 62.5 Å². The lowest BCUT2D eigenvalue weighted by atomic mass is 9.86. The average Bonchev–Trinajstić information content (AvgIpc) is 2.84. The second-order valence-electron chi connectivity index (χ2n) is 5.84. The van der Waals surface area contributed by atoms with Crippen LogP contribution < -0.4 is 5.32 Å². The highest BCUT2D eigenvalue weighted by atomic mass is 32.1. The van der Waals surface area contributed by atoms with Gasteiger partial charge in [0, 0.05) is 10.8 Å². The van der Waals surface area contributed by atoms with Gasteiger partial charge in [-0.3, -0.25) is 4.79 Å². The van der Waals surface area contributed by atoms with Gasteiger partial charge in [-0.1, -0.05) is 27.2 Å². The van der Waals surface area contributed by atoms with Crippen molar-refractivity contribution in [3.05, 3.63) is 16.0 Å². The van der Waals surface area contributed by atoms with Gasteiger partial charge in [0.25, 0.3) is 0 Å². The first-order valence-corrected chi connectivity index (χ1v) is 8.81. The van der Waals surface area contributed by atoms with E-state index in [0.717, 1.165) is 43.0 Å². The van der Waals surface area contributed by atoms with Crippen molar-refractivity contribution in [1.29, 1.82) is 5.26 Å². The van der Waals surface area contributed by atoms with Gasteiger partial charge in [-0.25, -0.2) is 0 Å². The molecule has 114 valence electrons. The number of carbonyl (C=O) groups is 1. The number of nitrogens with one attached hydrogen (secondary N) is 1. The lowest BCUT2D eigenvalue weighted by molar-refractivity contribution is -0.120. The molecule has 0 fully saturated rings. The van der Waals surface area contributed by atoms with Crippen molar-refractivity contribution in [3.63, 3.8) is 0 Å². The summed E-state index contributed by atoms with van der Waals surface area (Å²) in [6.45, 7) is 6.29. The molecular formula is C17H24N2OS. The molecule has 2 rings (SSSR count). The molecule has 0 saturated carbocycles. The van der Waals surface area contributed by atoms with Crippen molar-refractivity contribution < 1.29 is 4.79 Å². The maximum atomic E-state index is 12.3. The van der Waals surface area contributed by atoms with Crippen LogP contribution in [0.25, 0.3) is 0 Å². The molecule has 1 aliphatic carbocycles. The Morgan fingerprint density at radius 3 is 2.71 bits per heavy atom. The summed E-state index contributed by atoms with van der Waals surface area (Å²) >= 11 is 1.62. The van der Waals surface area contributed by atoms with Gasteiger partial charge in [0.1, 0.15) is 11.1 Å². The summed E-state index contributed by atoms with van der Waals surface area (Å²) in [4.78, 5) is 13.6.